The Hall–Kier alpha value is -9.24. The lowest BCUT2D eigenvalue weighted by Crippen LogP contribution is -2.03. The van der Waals surface area contributed by atoms with Gasteiger partial charge in [0.05, 0.1) is 92.5 Å². The van der Waals surface area contributed by atoms with Gasteiger partial charge >= 0.3 is 0 Å². The number of hydrogen-bond acceptors (Lipinski definition) is 14. The molecule has 0 saturated heterocycles. The maximum atomic E-state index is 13.7. The molecular weight excluding hydrogens is 1700 g/mol. The van der Waals surface area contributed by atoms with Crippen molar-refractivity contribution in [3.63, 3.8) is 0 Å². The van der Waals surface area contributed by atoms with E-state index in [0.29, 0.717) is 92.5 Å². The van der Waals surface area contributed by atoms with Crippen LogP contribution in [0.15, 0.2) is 84.9 Å². The first-order valence-electron chi connectivity index (χ1n) is 46.6. The molecule has 732 valence electrons. The molecule has 0 aromatic heterocycles. The molecule has 0 aliphatic rings. The van der Waals surface area contributed by atoms with Crippen LogP contribution in [0, 0.1) is 81.4 Å². The van der Waals surface area contributed by atoms with Gasteiger partial charge < -0.3 is 66.3 Å². The summed E-state index contributed by atoms with van der Waals surface area (Å²) in [5.74, 6) is -14.5. The average Bonchev–Trinajstić information content (AvgIpc) is 0.885. The maximum Gasteiger partial charge on any atom is 0.204 e. The number of rotatable bonds is 59. The van der Waals surface area contributed by atoms with Gasteiger partial charge in [0.1, 0.15) is 0 Å². The number of ether oxygens (including phenoxy) is 14. The van der Waals surface area contributed by atoms with E-state index in [-0.39, 0.29) is 80.5 Å². The van der Waals surface area contributed by atoms with Crippen LogP contribution in [0.25, 0.3) is 0 Å². The number of halogens is 14. The Morgan fingerprint density at radius 3 is 0.380 bits per heavy atom. The molecule has 7 rings (SSSR count). The van der Waals surface area contributed by atoms with Gasteiger partial charge in [-0.15, -0.1) is 0 Å². The van der Waals surface area contributed by atoms with E-state index >= 15 is 0 Å². The van der Waals surface area contributed by atoms with Crippen LogP contribution in [0.5, 0.6) is 80.5 Å². The molecule has 0 heterocycles. The lowest BCUT2D eigenvalue weighted by atomic mass is 10.1. The smallest absolute Gasteiger partial charge is 0.204 e. The number of hydrogen-bond donors (Lipinski definition) is 0. The van der Waals surface area contributed by atoms with Crippen LogP contribution in [0.1, 0.15) is 296 Å². The fourth-order valence-electron chi connectivity index (χ4n) is 11.5. The van der Waals surface area contributed by atoms with E-state index in [1.54, 1.807) is 34.6 Å². The summed E-state index contributed by atoms with van der Waals surface area (Å²) < 4.78 is 262. The highest BCUT2D eigenvalue weighted by Crippen LogP contribution is 2.35. The second-order valence-electron chi connectivity index (χ2n) is 29.4. The Balaban J connectivity index is 0.000000753. The molecule has 0 aliphatic carbocycles. The molecule has 129 heavy (non-hydrogen) atoms. The number of unbranched alkanes of at least 4 members (excludes halogenated alkanes) is 22. The van der Waals surface area contributed by atoms with Crippen molar-refractivity contribution in [1.82, 2.24) is 0 Å². The van der Waals surface area contributed by atoms with Gasteiger partial charge in [0.15, 0.2) is 80.5 Å². The summed E-state index contributed by atoms with van der Waals surface area (Å²) in [4.78, 5) is 0. The predicted octanol–water partition coefficient (Wildman–Crippen LogP) is 31.4. The fraction of sp³-hybridized carbons (Fsp3) is 0.584. The van der Waals surface area contributed by atoms with Crippen LogP contribution in [0.3, 0.4) is 0 Å². The van der Waals surface area contributed by atoms with Crippen LogP contribution < -0.4 is 66.3 Å². The Kier molecular flexibility index (Phi) is 68.9. The third kappa shape index (κ3) is 48.5. The summed E-state index contributed by atoms with van der Waals surface area (Å²) in [6, 6.07) is 19.7. The zero-order valence-electron chi connectivity index (χ0n) is 78.9. The Morgan fingerprint density at radius 1 is 0.124 bits per heavy atom. The summed E-state index contributed by atoms with van der Waals surface area (Å²) in [7, 11) is 0. The van der Waals surface area contributed by atoms with Crippen LogP contribution >= 0.6 is 0 Å². The van der Waals surface area contributed by atoms with Crippen LogP contribution in [-0.2, 0) is 0 Å². The fourth-order valence-corrected chi connectivity index (χ4v) is 11.5. The van der Waals surface area contributed by atoms with Gasteiger partial charge in [-0.05, 0) is 177 Å². The third-order valence-electron chi connectivity index (χ3n) is 18.5. The summed E-state index contributed by atoms with van der Waals surface area (Å²) in [5, 5.41) is 0. The maximum absolute atomic E-state index is 13.7. The standard InChI is InChI=1S/2C16H24F2O2.2C15H22F2O2.C14H20F2O2.C13H18F2O2.C12H16F2O2/c1-3-5-6-7-8-12-20-14-10-9-13(19-11-4-2)15(17)16(14)18;1-3-5-6-7-8-9-12-20-14-11-10-13(19-4-2)15(17)16(14)18;1-3-5-6-7-11-19-13-9-8-12(18-10-4-2)14(16)15(13)17;1-3-5-6-7-8-11-19-13-10-9-12(18-4-2)14(16)15(13)17;1-3-5-6-7-10-18-12-9-8-11(17-4-2)13(15)14(12)16;1-3-5-6-9-17-11-8-7-10(16-4-2)12(14)13(11)15;1-3-5-8-16-10-7-6-9(15-4-2)11(13)12(10)14/h9-10H,3-8,11-12H2,1-2H3;10-11H,3-9,12H2,1-2H3;8-9H,3-7,10-11H2,1-2H3;9-10H,3-8,11H2,1-2H3;8-9H,3-7,10H2,1-2H3;7-8H,3-6,9H2,1-2H3;6-7H,3-5,8H2,1-2H3. The highest BCUT2D eigenvalue weighted by atomic mass is 19.2. The van der Waals surface area contributed by atoms with Gasteiger partial charge in [-0.1, -0.05) is 204 Å². The van der Waals surface area contributed by atoms with E-state index in [9.17, 15) is 61.5 Å². The molecule has 0 bridgehead atoms. The molecule has 0 spiro atoms. The average molecular weight is 1850 g/mol. The first-order chi connectivity index (χ1) is 62.4. The SMILES string of the molecule is CCCCCCCCOc1ccc(OCC)c(F)c1F.CCCCCCCOc1ccc(OCC)c(F)c1F.CCCCCCCOc1ccc(OCCC)c(F)c1F.CCCCCCOc1ccc(OCC)c(F)c1F.CCCCCCOc1ccc(OCCC)c(F)c1F.CCCCCOc1ccc(OCC)c(F)c1F.CCCCOc1ccc(OCC)c(F)c1F. The van der Waals surface area contributed by atoms with E-state index < -0.39 is 81.4 Å². The van der Waals surface area contributed by atoms with Crippen molar-refractivity contribution >= 4 is 0 Å². The molecule has 0 aliphatic heterocycles. The molecule has 0 amide bonds. The van der Waals surface area contributed by atoms with Crippen LogP contribution in [0.4, 0.5) is 61.5 Å². The number of benzene rings is 7. The summed E-state index contributed by atoms with van der Waals surface area (Å²) >= 11 is 0. The molecule has 0 unspecified atom stereocenters. The van der Waals surface area contributed by atoms with Gasteiger partial charge in [0, 0.05) is 0 Å². The second kappa shape index (κ2) is 75.4. The monoisotopic (exact) mass is 1850 g/mol. The van der Waals surface area contributed by atoms with Gasteiger partial charge in [-0.2, -0.15) is 61.5 Å². The molecule has 7 aromatic carbocycles. The van der Waals surface area contributed by atoms with Crippen LogP contribution in [0.2, 0.25) is 0 Å². The van der Waals surface area contributed by atoms with Crippen LogP contribution in [-0.4, -0.2) is 92.5 Å². The molecule has 0 fully saturated rings. The van der Waals surface area contributed by atoms with Crippen molar-refractivity contribution in [3.05, 3.63) is 166 Å². The largest absolute Gasteiger partial charge is 0.491 e. The van der Waals surface area contributed by atoms with E-state index in [1.165, 1.54) is 130 Å². The lowest BCUT2D eigenvalue weighted by Gasteiger charge is -2.11. The molecule has 0 saturated carbocycles. The van der Waals surface area contributed by atoms with Gasteiger partial charge in [0.2, 0.25) is 81.4 Å². The first kappa shape index (κ1) is 118. The van der Waals surface area contributed by atoms with Crippen molar-refractivity contribution in [1.29, 1.82) is 0 Å². The highest BCUT2D eigenvalue weighted by Gasteiger charge is 2.22. The molecule has 28 heteroatoms. The Morgan fingerprint density at radius 2 is 0.233 bits per heavy atom. The summed E-state index contributed by atoms with van der Waals surface area (Å²) in [6.45, 7) is 32.2. The minimum atomic E-state index is -0.990. The minimum absolute atomic E-state index is 0.0400. The predicted molar refractivity (Wildman–Crippen MR) is 484 cm³/mol. The van der Waals surface area contributed by atoms with Crippen molar-refractivity contribution in [2.45, 2.75) is 296 Å². The minimum Gasteiger partial charge on any atom is -0.491 e. The Labute approximate surface area is 759 Å². The van der Waals surface area contributed by atoms with Gasteiger partial charge in [-0.3, -0.25) is 0 Å². The van der Waals surface area contributed by atoms with Gasteiger partial charge in [-0.25, -0.2) is 0 Å². The van der Waals surface area contributed by atoms with Gasteiger partial charge in [0.25, 0.3) is 0 Å². The molecule has 7 aromatic rings. The molecule has 0 radical (unpaired) electrons. The van der Waals surface area contributed by atoms with E-state index in [4.69, 9.17) is 66.3 Å². The molecule has 0 atom stereocenters. The zero-order valence-corrected chi connectivity index (χ0v) is 78.9. The molecule has 14 nitrogen and oxygen atoms in total. The lowest BCUT2D eigenvalue weighted by molar-refractivity contribution is 0.270. The van der Waals surface area contributed by atoms with Crippen molar-refractivity contribution in [3.8, 4) is 80.5 Å². The van der Waals surface area contributed by atoms with E-state index in [2.05, 4.69) is 41.5 Å². The van der Waals surface area contributed by atoms with E-state index in [1.807, 2.05) is 20.8 Å². The summed E-state index contributed by atoms with van der Waals surface area (Å²) in [5.41, 5.74) is 0. The zero-order chi connectivity index (χ0) is 95.8. The Bertz CT molecular complexity index is 4030. The second-order valence-corrected chi connectivity index (χ2v) is 29.4. The molecule has 0 N–H and O–H groups in total. The van der Waals surface area contributed by atoms with Crippen molar-refractivity contribution in [2.24, 2.45) is 0 Å². The highest BCUT2D eigenvalue weighted by molar-refractivity contribution is 5.40. The summed E-state index contributed by atoms with van der Waals surface area (Å²) in [6.07, 6.45) is 32.1. The quantitative estimate of drug-likeness (QED) is 0.0265. The third-order valence-corrected chi connectivity index (χ3v) is 18.5. The topological polar surface area (TPSA) is 129 Å². The first-order valence-corrected chi connectivity index (χ1v) is 46.6. The van der Waals surface area contributed by atoms with E-state index in [0.717, 1.165) is 154 Å². The van der Waals surface area contributed by atoms with Crippen molar-refractivity contribution < 1.29 is 128 Å². The molecular formula is C101H146F14O14. The normalized spacial score (nSPS) is 10.5. The van der Waals surface area contributed by atoms with Crippen molar-refractivity contribution in [2.75, 3.05) is 92.5 Å².